The lowest BCUT2D eigenvalue weighted by atomic mass is 10.0. The Kier molecular flexibility index (Phi) is 10.1. The molecule has 1 saturated heterocycles. The summed E-state index contributed by atoms with van der Waals surface area (Å²) in [6.07, 6.45) is 8.23. The molecule has 2 aliphatic rings. The van der Waals surface area contributed by atoms with Gasteiger partial charge in [-0.2, -0.15) is 17.5 Å². The van der Waals surface area contributed by atoms with E-state index in [1.807, 2.05) is 0 Å². The fourth-order valence-electron chi connectivity index (χ4n) is 3.67. The van der Waals surface area contributed by atoms with E-state index in [4.69, 9.17) is 0 Å². The standard InChI is InChI=1S/C16H29F3N4O2S.HI/c1-20-15(21-10-4-7-13-5-2-3-6-13)22-14-8-11-23(12-9-14)26(24,25)16(17,18)19;/h13-14H,2-12H2,1H3,(H2,20,21,22);1H. The van der Waals surface area contributed by atoms with Crippen molar-refractivity contribution in [2.75, 3.05) is 26.7 Å². The lowest BCUT2D eigenvalue weighted by Crippen LogP contribution is -2.51. The molecule has 0 bridgehead atoms. The number of halogens is 4. The lowest BCUT2D eigenvalue weighted by molar-refractivity contribution is -0.0494. The van der Waals surface area contributed by atoms with E-state index in [1.54, 1.807) is 7.05 Å². The Balaban J connectivity index is 0.00000364. The van der Waals surface area contributed by atoms with Crippen LogP contribution in [-0.2, 0) is 10.0 Å². The number of nitrogens with zero attached hydrogens (tertiary/aromatic N) is 2. The highest BCUT2D eigenvalue weighted by Crippen LogP contribution is 2.29. The molecule has 0 aromatic rings. The number of piperidine rings is 1. The summed E-state index contributed by atoms with van der Waals surface area (Å²) in [7, 11) is -3.57. The van der Waals surface area contributed by atoms with Crippen LogP contribution < -0.4 is 10.6 Å². The molecule has 0 amide bonds. The third kappa shape index (κ3) is 7.22. The van der Waals surface area contributed by atoms with Gasteiger partial charge in [0.1, 0.15) is 0 Å². The summed E-state index contributed by atoms with van der Waals surface area (Å²) in [6.45, 7) is 0.522. The van der Waals surface area contributed by atoms with Crippen molar-refractivity contribution in [2.24, 2.45) is 10.9 Å². The zero-order valence-corrected chi connectivity index (χ0v) is 18.7. The van der Waals surface area contributed by atoms with Gasteiger partial charge in [0.2, 0.25) is 0 Å². The fraction of sp³-hybridized carbons (Fsp3) is 0.938. The number of hydrogen-bond acceptors (Lipinski definition) is 3. The van der Waals surface area contributed by atoms with Crippen LogP contribution in [0.1, 0.15) is 51.4 Å². The molecule has 2 fully saturated rings. The summed E-state index contributed by atoms with van der Waals surface area (Å²) in [5.74, 6) is 1.46. The molecule has 11 heteroatoms. The number of nitrogens with one attached hydrogen (secondary N) is 2. The van der Waals surface area contributed by atoms with Crippen LogP contribution in [0.4, 0.5) is 13.2 Å². The minimum absolute atomic E-state index is 0. The Morgan fingerprint density at radius 2 is 1.74 bits per heavy atom. The minimum Gasteiger partial charge on any atom is -0.356 e. The summed E-state index contributed by atoms with van der Waals surface area (Å²) in [5, 5.41) is 6.41. The maximum atomic E-state index is 12.6. The fourth-order valence-corrected chi connectivity index (χ4v) is 4.66. The van der Waals surface area contributed by atoms with Crippen molar-refractivity contribution < 1.29 is 21.6 Å². The Morgan fingerprint density at radius 1 is 1.15 bits per heavy atom. The van der Waals surface area contributed by atoms with Crippen molar-refractivity contribution in [3.8, 4) is 0 Å². The molecule has 160 valence electrons. The van der Waals surface area contributed by atoms with Crippen LogP contribution >= 0.6 is 24.0 Å². The van der Waals surface area contributed by atoms with Gasteiger partial charge in [0.05, 0.1) is 0 Å². The molecular formula is C16H30F3IN4O2S. The molecule has 0 spiro atoms. The van der Waals surface area contributed by atoms with Gasteiger partial charge in [0.25, 0.3) is 0 Å². The molecule has 27 heavy (non-hydrogen) atoms. The summed E-state index contributed by atoms with van der Waals surface area (Å²) in [5.41, 5.74) is -5.23. The maximum absolute atomic E-state index is 12.6. The smallest absolute Gasteiger partial charge is 0.356 e. The van der Waals surface area contributed by atoms with Crippen molar-refractivity contribution in [1.82, 2.24) is 14.9 Å². The Labute approximate surface area is 176 Å². The van der Waals surface area contributed by atoms with E-state index in [-0.39, 0.29) is 43.1 Å². The number of alkyl halides is 3. The molecule has 0 aromatic carbocycles. The summed E-state index contributed by atoms with van der Waals surface area (Å²) < 4.78 is 61.1. The minimum atomic E-state index is -5.23. The molecule has 1 heterocycles. The predicted molar refractivity (Wildman–Crippen MR) is 111 cm³/mol. The molecule has 1 aliphatic heterocycles. The molecule has 0 unspecified atom stereocenters. The molecule has 1 saturated carbocycles. The van der Waals surface area contributed by atoms with E-state index < -0.39 is 15.5 Å². The summed E-state index contributed by atoms with van der Waals surface area (Å²) >= 11 is 0. The van der Waals surface area contributed by atoms with Gasteiger partial charge in [-0.05, 0) is 31.6 Å². The van der Waals surface area contributed by atoms with Crippen LogP contribution in [0.3, 0.4) is 0 Å². The van der Waals surface area contributed by atoms with E-state index >= 15 is 0 Å². The third-order valence-electron chi connectivity index (χ3n) is 5.21. The average molecular weight is 526 g/mol. The van der Waals surface area contributed by atoms with Gasteiger partial charge in [-0.1, -0.05) is 25.7 Å². The van der Waals surface area contributed by atoms with Crippen molar-refractivity contribution in [3.63, 3.8) is 0 Å². The van der Waals surface area contributed by atoms with Crippen LogP contribution in [0, 0.1) is 5.92 Å². The number of hydrogen-bond donors (Lipinski definition) is 2. The number of sulfonamides is 1. The molecule has 2 rings (SSSR count). The highest BCUT2D eigenvalue weighted by atomic mass is 127. The SMILES string of the molecule is CN=C(NCCCC1CCCC1)NC1CCN(S(=O)(=O)C(F)(F)F)CC1.I. The van der Waals surface area contributed by atoms with Gasteiger partial charge in [0, 0.05) is 32.7 Å². The monoisotopic (exact) mass is 526 g/mol. The lowest BCUT2D eigenvalue weighted by Gasteiger charge is -2.32. The number of aliphatic imine (C=N–C) groups is 1. The van der Waals surface area contributed by atoms with Gasteiger partial charge in [-0.15, -0.1) is 24.0 Å². The Bertz CT molecular complexity index is 573. The maximum Gasteiger partial charge on any atom is 0.511 e. The van der Waals surface area contributed by atoms with E-state index in [0.717, 1.165) is 18.9 Å². The van der Waals surface area contributed by atoms with Crippen LogP contribution in [0.5, 0.6) is 0 Å². The van der Waals surface area contributed by atoms with E-state index in [2.05, 4.69) is 15.6 Å². The van der Waals surface area contributed by atoms with Crippen LogP contribution in [-0.4, -0.2) is 56.9 Å². The van der Waals surface area contributed by atoms with Gasteiger partial charge in [-0.3, -0.25) is 4.99 Å². The van der Waals surface area contributed by atoms with Crippen molar-refractivity contribution >= 4 is 40.0 Å². The van der Waals surface area contributed by atoms with E-state index in [0.29, 0.717) is 23.1 Å². The zero-order valence-electron chi connectivity index (χ0n) is 15.6. The van der Waals surface area contributed by atoms with Crippen LogP contribution in [0.2, 0.25) is 0 Å². The second-order valence-electron chi connectivity index (χ2n) is 7.06. The normalized spacial score (nSPS) is 21.1. The zero-order chi connectivity index (χ0) is 19.2. The number of rotatable bonds is 6. The topological polar surface area (TPSA) is 73.8 Å². The molecule has 6 nitrogen and oxygen atoms in total. The first kappa shape index (κ1) is 24.7. The second kappa shape index (κ2) is 11.0. The highest BCUT2D eigenvalue weighted by molar-refractivity contribution is 14.0. The van der Waals surface area contributed by atoms with Crippen LogP contribution in [0.25, 0.3) is 0 Å². The molecule has 0 aromatic heterocycles. The summed E-state index contributed by atoms with van der Waals surface area (Å²) in [6, 6.07) is -0.0873. The highest BCUT2D eigenvalue weighted by Gasteiger charge is 2.50. The first-order valence-corrected chi connectivity index (χ1v) is 10.7. The van der Waals surface area contributed by atoms with Crippen molar-refractivity contribution in [1.29, 1.82) is 0 Å². The molecule has 1 aliphatic carbocycles. The largest absolute Gasteiger partial charge is 0.511 e. The average Bonchev–Trinajstić information content (AvgIpc) is 3.10. The second-order valence-corrected chi connectivity index (χ2v) is 8.99. The quantitative estimate of drug-likeness (QED) is 0.242. The van der Waals surface area contributed by atoms with Gasteiger partial charge >= 0.3 is 15.5 Å². The third-order valence-corrected chi connectivity index (χ3v) is 6.84. The van der Waals surface area contributed by atoms with Crippen molar-refractivity contribution in [2.45, 2.75) is 62.9 Å². The van der Waals surface area contributed by atoms with Gasteiger partial charge < -0.3 is 10.6 Å². The Hall–Kier alpha value is -0.300. The van der Waals surface area contributed by atoms with Crippen LogP contribution in [0.15, 0.2) is 4.99 Å². The summed E-state index contributed by atoms with van der Waals surface area (Å²) in [4.78, 5) is 4.14. The first-order valence-electron chi connectivity index (χ1n) is 9.27. The van der Waals surface area contributed by atoms with Crippen molar-refractivity contribution in [3.05, 3.63) is 0 Å². The molecular weight excluding hydrogens is 496 g/mol. The van der Waals surface area contributed by atoms with E-state index in [9.17, 15) is 21.6 Å². The van der Waals surface area contributed by atoms with Gasteiger partial charge in [-0.25, -0.2) is 8.42 Å². The molecule has 0 radical (unpaired) electrons. The van der Waals surface area contributed by atoms with Gasteiger partial charge in [0.15, 0.2) is 5.96 Å². The number of guanidine groups is 1. The first-order chi connectivity index (χ1) is 12.2. The molecule has 2 N–H and O–H groups in total. The predicted octanol–water partition coefficient (Wildman–Crippen LogP) is 3.05. The molecule has 0 atom stereocenters. The van der Waals surface area contributed by atoms with E-state index in [1.165, 1.54) is 32.1 Å². The Morgan fingerprint density at radius 3 is 2.26 bits per heavy atom.